The third-order valence-electron chi connectivity index (χ3n) is 3.82. The van der Waals surface area contributed by atoms with E-state index in [1.165, 1.54) is 11.8 Å². The van der Waals surface area contributed by atoms with Crippen molar-refractivity contribution in [2.75, 3.05) is 12.8 Å². The molecule has 3 rings (SSSR count). The number of aliphatic hydroxyl groups excluding tert-OH is 1. The molecule has 0 aliphatic heterocycles. The Hall–Kier alpha value is -1.31. The number of fused-ring (bicyclic) bond motifs is 1. The van der Waals surface area contributed by atoms with Gasteiger partial charge in [-0.2, -0.15) is 4.99 Å². The van der Waals surface area contributed by atoms with Crippen molar-refractivity contribution in [2.45, 2.75) is 6.10 Å². The fourth-order valence-corrected chi connectivity index (χ4v) is 4.61. The molecule has 2 aromatic carbocycles. The molecule has 0 aliphatic carbocycles. The van der Waals surface area contributed by atoms with Crippen LogP contribution in [0.25, 0.3) is 10.2 Å². The lowest BCUT2D eigenvalue weighted by atomic mass is 10.1. The molecule has 4 nitrogen and oxygen atoms in total. The van der Waals surface area contributed by atoms with Gasteiger partial charge in [-0.25, -0.2) is 0 Å². The Morgan fingerprint density at radius 1 is 1.19 bits per heavy atom. The highest BCUT2D eigenvalue weighted by Crippen LogP contribution is 2.30. The van der Waals surface area contributed by atoms with E-state index in [2.05, 4.69) is 22.1 Å². The molecule has 1 aromatic heterocycles. The highest BCUT2D eigenvalue weighted by Gasteiger charge is 2.15. The van der Waals surface area contributed by atoms with Gasteiger partial charge in [0.1, 0.15) is 6.10 Å². The number of para-hydroxylation sites is 1. The van der Waals surface area contributed by atoms with Gasteiger partial charge >= 0.3 is 0 Å². The number of thioether (sulfide) groups is 1. The van der Waals surface area contributed by atoms with Crippen molar-refractivity contribution >= 4 is 61.7 Å². The number of hydrogen-bond donors (Lipinski definition) is 1. The second kappa shape index (κ2) is 8.59. The number of benzene rings is 2. The van der Waals surface area contributed by atoms with E-state index in [-0.39, 0.29) is 6.54 Å². The standard InChI is InChI=1S/C18H17Cl2N3OS2/c1-23-13-8-3-4-9-15(13)26-18(23)22-17(25-2)21-10-14(24)16-11(19)6-5-7-12(16)20/h3-9,14,24H,10H2,1-2H3/b21-17?,22-18-. The van der Waals surface area contributed by atoms with Gasteiger partial charge < -0.3 is 9.67 Å². The first kappa shape index (κ1) is 19.5. The van der Waals surface area contributed by atoms with Gasteiger partial charge in [0.2, 0.25) is 0 Å². The Kier molecular flexibility index (Phi) is 6.42. The quantitative estimate of drug-likeness (QED) is 0.479. The molecule has 0 radical (unpaired) electrons. The van der Waals surface area contributed by atoms with Crippen LogP contribution in [0.4, 0.5) is 0 Å². The van der Waals surface area contributed by atoms with Crippen molar-refractivity contribution < 1.29 is 5.11 Å². The summed E-state index contributed by atoms with van der Waals surface area (Å²) in [4.78, 5) is 9.94. The molecule has 0 aliphatic rings. The molecule has 136 valence electrons. The number of hydrogen-bond acceptors (Lipinski definition) is 4. The third kappa shape index (κ3) is 4.15. The van der Waals surface area contributed by atoms with Crippen molar-refractivity contribution in [1.82, 2.24) is 4.57 Å². The van der Waals surface area contributed by atoms with E-state index in [4.69, 9.17) is 23.2 Å². The number of aliphatic imine (C=N–C) groups is 1. The van der Waals surface area contributed by atoms with Crippen molar-refractivity contribution in [1.29, 1.82) is 0 Å². The average Bonchev–Trinajstić information content (AvgIpc) is 2.94. The Morgan fingerprint density at radius 2 is 1.88 bits per heavy atom. The Balaban J connectivity index is 1.89. The molecule has 0 saturated carbocycles. The molecule has 0 spiro atoms. The molecular formula is C18H17Cl2N3OS2. The molecule has 0 saturated heterocycles. The minimum Gasteiger partial charge on any atom is -0.386 e. The highest BCUT2D eigenvalue weighted by atomic mass is 35.5. The lowest BCUT2D eigenvalue weighted by Crippen LogP contribution is -2.12. The van der Waals surface area contributed by atoms with Crippen LogP contribution in [0.1, 0.15) is 11.7 Å². The molecule has 0 amide bonds. The molecule has 0 bridgehead atoms. The molecule has 0 fully saturated rings. The average molecular weight is 426 g/mol. The molecule has 3 aromatic rings. The van der Waals surface area contributed by atoms with Gasteiger partial charge in [0, 0.05) is 22.7 Å². The Labute approximate surface area is 169 Å². The second-order valence-electron chi connectivity index (χ2n) is 5.50. The second-order valence-corrected chi connectivity index (χ2v) is 8.10. The van der Waals surface area contributed by atoms with E-state index < -0.39 is 6.10 Å². The number of rotatable bonds is 3. The monoisotopic (exact) mass is 425 g/mol. The molecule has 1 N–H and O–H groups in total. The van der Waals surface area contributed by atoms with Crippen molar-refractivity contribution in [2.24, 2.45) is 17.0 Å². The van der Waals surface area contributed by atoms with Crippen LogP contribution in [0, 0.1) is 0 Å². The normalized spacial score (nSPS) is 14.2. The summed E-state index contributed by atoms with van der Waals surface area (Å²) in [6.07, 6.45) is 1.02. The molecule has 1 heterocycles. The molecule has 1 atom stereocenters. The van der Waals surface area contributed by atoms with E-state index in [0.717, 1.165) is 15.0 Å². The minimum absolute atomic E-state index is 0.137. The van der Waals surface area contributed by atoms with E-state index in [1.54, 1.807) is 29.5 Å². The predicted molar refractivity (Wildman–Crippen MR) is 114 cm³/mol. The molecule has 26 heavy (non-hydrogen) atoms. The zero-order valence-corrected chi connectivity index (χ0v) is 17.3. The Morgan fingerprint density at radius 3 is 2.54 bits per heavy atom. The molecule has 8 heteroatoms. The summed E-state index contributed by atoms with van der Waals surface area (Å²) < 4.78 is 3.20. The van der Waals surface area contributed by atoms with Crippen LogP contribution >= 0.6 is 46.3 Å². The van der Waals surface area contributed by atoms with Crippen molar-refractivity contribution in [3.8, 4) is 0 Å². The van der Waals surface area contributed by atoms with E-state index in [9.17, 15) is 5.11 Å². The van der Waals surface area contributed by atoms with Gasteiger partial charge in [-0.05, 0) is 30.5 Å². The lowest BCUT2D eigenvalue weighted by Gasteiger charge is -2.12. The van der Waals surface area contributed by atoms with Crippen LogP contribution in [0.3, 0.4) is 0 Å². The third-order valence-corrected chi connectivity index (χ3v) is 6.18. The number of halogens is 2. The summed E-state index contributed by atoms with van der Waals surface area (Å²) >= 11 is 15.3. The summed E-state index contributed by atoms with van der Waals surface area (Å²) in [6, 6.07) is 13.3. The van der Waals surface area contributed by atoms with Gasteiger partial charge in [0.15, 0.2) is 9.97 Å². The van der Waals surface area contributed by atoms with Crippen LogP contribution in [-0.2, 0) is 7.05 Å². The number of thiazole rings is 1. The summed E-state index contributed by atoms with van der Waals surface area (Å²) in [5.41, 5.74) is 1.62. The number of aliphatic hydroxyl groups is 1. The number of amidine groups is 1. The van der Waals surface area contributed by atoms with Gasteiger partial charge in [-0.15, -0.1) is 0 Å². The van der Waals surface area contributed by atoms with Gasteiger partial charge in [-0.1, -0.05) is 64.5 Å². The fraction of sp³-hybridized carbons (Fsp3) is 0.222. The SMILES string of the molecule is CSC(=NCC(O)c1c(Cl)cccc1Cl)/N=c1\sc2ccccc2n1C. The minimum atomic E-state index is -0.885. The molecular weight excluding hydrogens is 409 g/mol. The highest BCUT2D eigenvalue weighted by molar-refractivity contribution is 8.13. The smallest absolute Gasteiger partial charge is 0.192 e. The maximum Gasteiger partial charge on any atom is 0.192 e. The number of nitrogens with zero attached hydrogens (tertiary/aromatic N) is 3. The fourth-order valence-electron chi connectivity index (χ4n) is 2.50. The summed E-state index contributed by atoms with van der Waals surface area (Å²) in [5.74, 6) is 0. The van der Waals surface area contributed by atoms with Crippen LogP contribution in [0.15, 0.2) is 52.4 Å². The zero-order chi connectivity index (χ0) is 18.7. The number of aryl methyl sites for hydroxylation is 1. The maximum atomic E-state index is 10.4. The van der Waals surface area contributed by atoms with Gasteiger partial charge in [-0.3, -0.25) is 4.99 Å². The van der Waals surface area contributed by atoms with Gasteiger partial charge in [0.25, 0.3) is 0 Å². The first-order valence-electron chi connectivity index (χ1n) is 7.81. The largest absolute Gasteiger partial charge is 0.386 e. The van der Waals surface area contributed by atoms with E-state index >= 15 is 0 Å². The first-order valence-corrected chi connectivity index (χ1v) is 10.6. The molecule has 1 unspecified atom stereocenters. The van der Waals surface area contributed by atoms with E-state index in [1.807, 2.05) is 30.0 Å². The Bertz CT molecular complexity index is 1010. The zero-order valence-electron chi connectivity index (χ0n) is 14.2. The first-order chi connectivity index (χ1) is 12.5. The number of aromatic nitrogens is 1. The van der Waals surface area contributed by atoms with Gasteiger partial charge in [0.05, 0.1) is 16.8 Å². The van der Waals surface area contributed by atoms with Crippen LogP contribution in [0.2, 0.25) is 10.0 Å². The maximum absolute atomic E-state index is 10.4. The topological polar surface area (TPSA) is 49.9 Å². The van der Waals surface area contributed by atoms with Crippen molar-refractivity contribution in [3.63, 3.8) is 0 Å². The van der Waals surface area contributed by atoms with Crippen molar-refractivity contribution in [3.05, 3.63) is 62.9 Å². The van der Waals surface area contributed by atoms with Crippen LogP contribution < -0.4 is 4.80 Å². The summed E-state index contributed by atoms with van der Waals surface area (Å²) in [7, 11) is 1.98. The van der Waals surface area contributed by atoms with Crippen LogP contribution in [0.5, 0.6) is 0 Å². The summed E-state index contributed by atoms with van der Waals surface area (Å²) in [6.45, 7) is 0.137. The predicted octanol–water partition coefficient (Wildman–Crippen LogP) is 4.90. The summed E-state index contributed by atoms with van der Waals surface area (Å²) in [5, 5.41) is 11.9. The van der Waals surface area contributed by atoms with E-state index in [0.29, 0.717) is 20.8 Å². The lowest BCUT2D eigenvalue weighted by molar-refractivity contribution is 0.187. The van der Waals surface area contributed by atoms with Crippen LogP contribution in [-0.4, -0.2) is 27.6 Å².